The van der Waals surface area contributed by atoms with Crippen LogP contribution in [0.25, 0.3) is 10.9 Å². The minimum Gasteiger partial charge on any atom is -0.426 e. The number of aromatic amines is 1. The fourth-order valence-electron chi connectivity index (χ4n) is 3.68. The Morgan fingerprint density at radius 2 is 1.82 bits per heavy atom. The van der Waals surface area contributed by atoms with E-state index in [1.54, 1.807) is 12.3 Å². The molecule has 0 aliphatic heterocycles. The first kappa shape index (κ1) is 25.1. The van der Waals surface area contributed by atoms with Crippen LogP contribution in [0.2, 0.25) is 10.0 Å². The van der Waals surface area contributed by atoms with Crippen LogP contribution in [0.5, 0.6) is 0 Å². The van der Waals surface area contributed by atoms with Crippen molar-refractivity contribution in [2.75, 3.05) is 0 Å². The van der Waals surface area contributed by atoms with Crippen LogP contribution in [0.1, 0.15) is 36.2 Å². The number of halogens is 2. The maximum Gasteiger partial charge on any atom is 0.475 e. The van der Waals surface area contributed by atoms with Crippen molar-refractivity contribution >= 4 is 53.0 Å². The molecular weight excluding hydrogens is 464 g/mol. The van der Waals surface area contributed by atoms with E-state index in [9.17, 15) is 19.6 Å². The number of benzene rings is 2. The van der Waals surface area contributed by atoms with Gasteiger partial charge in [0.1, 0.15) is 6.04 Å². The van der Waals surface area contributed by atoms with Crippen LogP contribution in [0.15, 0.2) is 48.7 Å². The third-order valence-electron chi connectivity index (χ3n) is 5.31. The lowest BCUT2D eigenvalue weighted by molar-refractivity contribution is -0.123. The molecule has 33 heavy (non-hydrogen) atoms. The van der Waals surface area contributed by atoms with E-state index >= 15 is 0 Å². The molecule has 2 amide bonds. The average Bonchev–Trinajstić information content (AvgIpc) is 3.17. The minimum atomic E-state index is -1.73. The second-order valence-corrected chi connectivity index (χ2v) is 9.22. The Balaban J connectivity index is 1.88. The highest BCUT2D eigenvalue weighted by molar-refractivity contribution is 6.43. The summed E-state index contributed by atoms with van der Waals surface area (Å²) in [5.74, 6) is -1.86. The molecule has 0 radical (unpaired) electrons. The summed E-state index contributed by atoms with van der Waals surface area (Å²) in [6.07, 6.45) is 2.32. The first-order chi connectivity index (χ1) is 15.7. The zero-order chi connectivity index (χ0) is 24.1. The lowest BCUT2D eigenvalue weighted by atomic mass is 9.75. The van der Waals surface area contributed by atoms with Gasteiger partial charge in [-0.2, -0.15) is 0 Å². The summed E-state index contributed by atoms with van der Waals surface area (Å²) in [5, 5.41) is 26.3. The van der Waals surface area contributed by atoms with Gasteiger partial charge in [-0.3, -0.25) is 9.59 Å². The fourth-order valence-corrected chi connectivity index (χ4v) is 4.06. The predicted molar refractivity (Wildman–Crippen MR) is 131 cm³/mol. The van der Waals surface area contributed by atoms with Gasteiger partial charge in [-0.1, -0.05) is 55.2 Å². The number of carbonyl (C=O) groups is 2. The molecule has 0 aliphatic rings. The molecule has 0 unspecified atom stereocenters. The van der Waals surface area contributed by atoms with E-state index in [1.165, 1.54) is 12.1 Å². The second-order valence-electron chi connectivity index (χ2n) is 8.37. The number of carbonyl (C=O) groups excluding carboxylic acids is 2. The van der Waals surface area contributed by atoms with E-state index in [2.05, 4.69) is 15.6 Å². The predicted octanol–water partition coefficient (Wildman–Crippen LogP) is 3.36. The summed E-state index contributed by atoms with van der Waals surface area (Å²) in [4.78, 5) is 29.3. The quantitative estimate of drug-likeness (QED) is 0.296. The van der Waals surface area contributed by atoms with Crippen LogP contribution in [0.3, 0.4) is 0 Å². The van der Waals surface area contributed by atoms with Crippen LogP contribution in [-0.2, 0) is 11.2 Å². The first-order valence-electron chi connectivity index (χ1n) is 10.6. The maximum atomic E-state index is 13.2. The lowest BCUT2D eigenvalue weighted by Gasteiger charge is -2.24. The molecule has 0 saturated heterocycles. The molecule has 5 N–H and O–H groups in total. The van der Waals surface area contributed by atoms with Gasteiger partial charge in [0.25, 0.3) is 5.91 Å². The van der Waals surface area contributed by atoms with Crippen molar-refractivity contribution in [3.05, 3.63) is 69.8 Å². The van der Waals surface area contributed by atoms with Crippen LogP contribution >= 0.6 is 23.2 Å². The van der Waals surface area contributed by atoms with Gasteiger partial charge in [0.2, 0.25) is 5.91 Å². The van der Waals surface area contributed by atoms with E-state index in [1.807, 2.05) is 38.1 Å². The number of rotatable bonds is 9. The number of amides is 2. The van der Waals surface area contributed by atoms with Crippen molar-refractivity contribution in [1.82, 2.24) is 15.6 Å². The van der Waals surface area contributed by atoms with Crippen LogP contribution < -0.4 is 10.6 Å². The second kappa shape index (κ2) is 11.1. The lowest BCUT2D eigenvalue weighted by Crippen LogP contribution is -2.55. The number of nitrogens with one attached hydrogen (secondary N) is 3. The van der Waals surface area contributed by atoms with Gasteiger partial charge in [0, 0.05) is 28.5 Å². The standard InChI is InChI=1S/C23H26BCl2N3O4/c1-13(2)9-21(24(32)33)29-23(31)20(10-14-12-27-19-6-4-3-5-16(14)19)28-22(30)17-11-15(25)7-8-18(17)26/h3-8,11-13,20-21,27,32-33H,9-10H2,1-2H3,(H,28,30)(H,29,31)/t20-,21-/m0/s1. The molecule has 3 aromatic rings. The molecule has 1 aromatic heterocycles. The van der Waals surface area contributed by atoms with Crippen LogP contribution in [0, 0.1) is 5.92 Å². The molecule has 0 aliphatic carbocycles. The average molecular weight is 490 g/mol. The van der Waals surface area contributed by atoms with Crippen molar-refractivity contribution in [3.8, 4) is 0 Å². The summed E-state index contributed by atoms with van der Waals surface area (Å²) >= 11 is 12.2. The van der Waals surface area contributed by atoms with Gasteiger partial charge in [0.05, 0.1) is 16.5 Å². The number of para-hydroxylation sites is 1. The van der Waals surface area contributed by atoms with Gasteiger partial charge >= 0.3 is 7.12 Å². The molecule has 1 heterocycles. The van der Waals surface area contributed by atoms with Gasteiger partial charge in [-0.15, -0.1) is 0 Å². The summed E-state index contributed by atoms with van der Waals surface area (Å²) < 4.78 is 0. The number of H-pyrrole nitrogens is 1. The van der Waals surface area contributed by atoms with Crippen molar-refractivity contribution in [2.45, 2.75) is 38.7 Å². The summed E-state index contributed by atoms with van der Waals surface area (Å²) in [6.45, 7) is 3.82. The number of hydrogen-bond acceptors (Lipinski definition) is 4. The molecule has 7 nitrogen and oxygen atoms in total. The molecule has 174 valence electrons. The first-order valence-corrected chi connectivity index (χ1v) is 11.4. The highest BCUT2D eigenvalue weighted by atomic mass is 35.5. The Morgan fingerprint density at radius 1 is 1.09 bits per heavy atom. The number of hydrogen-bond donors (Lipinski definition) is 5. The molecular formula is C23H26BCl2N3O4. The van der Waals surface area contributed by atoms with E-state index < -0.39 is 30.9 Å². The van der Waals surface area contributed by atoms with Crippen molar-refractivity contribution in [1.29, 1.82) is 0 Å². The zero-order valence-corrected chi connectivity index (χ0v) is 19.8. The molecule has 3 rings (SSSR count). The van der Waals surface area contributed by atoms with Crippen LogP contribution in [-0.4, -0.2) is 45.9 Å². The fraction of sp³-hybridized carbons (Fsp3) is 0.304. The van der Waals surface area contributed by atoms with Gasteiger partial charge < -0.3 is 25.7 Å². The summed E-state index contributed by atoms with van der Waals surface area (Å²) in [6, 6.07) is 11.1. The monoisotopic (exact) mass is 489 g/mol. The molecule has 2 atom stereocenters. The topological polar surface area (TPSA) is 114 Å². The number of aromatic nitrogens is 1. The Morgan fingerprint density at radius 3 is 2.52 bits per heavy atom. The third kappa shape index (κ3) is 6.51. The van der Waals surface area contributed by atoms with Gasteiger partial charge in [-0.25, -0.2) is 0 Å². The largest absolute Gasteiger partial charge is 0.475 e. The molecule has 0 fully saturated rings. The Bertz CT molecular complexity index is 1140. The molecule has 0 saturated carbocycles. The van der Waals surface area contributed by atoms with Crippen LogP contribution in [0.4, 0.5) is 0 Å². The van der Waals surface area contributed by atoms with Crippen molar-refractivity contribution < 1.29 is 19.6 Å². The highest BCUT2D eigenvalue weighted by Crippen LogP contribution is 2.22. The van der Waals surface area contributed by atoms with E-state index in [4.69, 9.17) is 23.2 Å². The molecule has 2 aromatic carbocycles. The normalized spacial score (nSPS) is 13.1. The van der Waals surface area contributed by atoms with Gasteiger partial charge in [-0.05, 0) is 42.2 Å². The van der Waals surface area contributed by atoms with Crippen molar-refractivity contribution in [2.24, 2.45) is 5.92 Å². The van der Waals surface area contributed by atoms with E-state index in [-0.39, 0.29) is 22.9 Å². The van der Waals surface area contributed by atoms with Crippen molar-refractivity contribution in [3.63, 3.8) is 0 Å². The smallest absolute Gasteiger partial charge is 0.426 e. The van der Waals surface area contributed by atoms with E-state index in [0.29, 0.717) is 11.4 Å². The van der Waals surface area contributed by atoms with Gasteiger partial charge in [0.15, 0.2) is 0 Å². The zero-order valence-electron chi connectivity index (χ0n) is 18.3. The Labute approximate surface area is 202 Å². The summed E-state index contributed by atoms with van der Waals surface area (Å²) in [5.41, 5.74) is 1.87. The molecule has 0 spiro atoms. The molecule has 0 bridgehead atoms. The highest BCUT2D eigenvalue weighted by Gasteiger charge is 2.31. The SMILES string of the molecule is CC(C)C[C@H](NC(=O)[C@H](Cc1c[nH]c2ccccc12)NC(=O)c1cc(Cl)ccc1Cl)B(O)O. The van der Waals surface area contributed by atoms with E-state index in [0.717, 1.165) is 16.5 Å². The number of fused-ring (bicyclic) bond motifs is 1. The summed E-state index contributed by atoms with van der Waals surface area (Å²) in [7, 11) is -1.73. The molecule has 10 heteroatoms. The Kier molecular flexibility index (Phi) is 8.43. The minimum absolute atomic E-state index is 0.115. The maximum absolute atomic E-state index is 13.2. The Hall–Kier alpha value is -2.52. The third-order valence-corrected chi connectivity index (χ3v) is 5.87.